The summed E-state index contributed by atoms with van der Waals surface area (Å²) in [7, 11) is 0. The minimum Gasteiger partial charge on any atom is -0.504 e. The van der Waals surface area contributed by atoms with E-state index in [0.29, 0.717) is 11.1 Å². The molecular formula is C22H24O11. The number of rotatable bonds is 7. The van der Waals surface area contributed by atoms with Gasteiger partial charge in [0.1, 0.15) is 31.0 Å². The first-order valence-electron chi connectivity index (χ1n) is 9.85. The second-order valence-corrected chi connectivity index (χ2v) is 7.31. The van der Waals surface area contributed by atoms with Crippen LogP contribution in [0.1, 0.15) is 11.1 Å². The van der Waals surface area contributed by atoms with Gasteiger partial charge in [0.2, 0.25) is 6.29 Å². The van der Waals surface area contributed by atoms with Crippen molar-refractivity contribution in [3.63, 3.8) is 0 Å². The fourth-order valence-electron chi connectivity index (χ4n) is 3.05. The molecule has 11 heteroatoms. The van der Waals surface area contributed by atoms with Gasteiger partial charge in [-0.05, 0) is 41.5 Å². The number of carbonyl (C=O) groups is 1. The molecule has 5 atom stereocenters. The number of aliphatic hydroxyl groups is 4. The minimum atomic E-state index is -1.63. The van der Waals surface area contributed by atoms with Crippen LogP contribution in [-0.4, -0.2) is 79.0 Å². The van der Waals surface area contributed by atoms with Crippen LogP contribution in [0.15, 0.2) is 42.5 Å². The number of aliphatic hydroxyl groups excluding tert-OH is 4. The van der Waals surface area contributed by atoms with Gasteiger partial charge in [0.25, 0.3) is 0 Å². The Kier molecular flexibility index (Phi) is 7.74. The summed E-state index contributed by atoms with van der Waals surface area (Å²) in [4.78, 5) is 11.9. The highest BCUT2D eigenvalue weighted by atomic mass is 16.7. The maximum Gasteiger partial charge on any atom is 0.331 e. The highest BCUT2D eigenvalue weighted by Crippen LogP contribution is 2.31. The van der Waals surface area contributed by atoms with E-state index in [1.165, 1.54) is 42.5 Å². The third-order valence-electron chi connectivity index (χ3n) is 4.91. The first-order chi connectivity index (χ1) is 15.7. The molecule has 0 aromatic heterocycles. The zero-order chi connectivity index (χ0) is 24.1. The molecule has 0 spiro atoms. The summed E-state index contributed by atoms with van der Waals surface area (Å²) < 4.78 is 15.7. The molecule has 1 fully saturated rings. The third kappa shape index (κ3) is 5.92. The van der Waals surface area contributed by atoms with Crippen molar-refractivity contribution in [2.24, 2.45) is 0 Å². The Bertz CT molecular complexity index is 1000. The first-order valence-corrected chi connectivity index (χ1v) is 9.85. The lowest BCUT2D eigenvalue weighted by Crippen LogP contribution is -2.60. The van der Waals surface area contributed by atoms with Gasteiger partial charge in [0, 0.05) is 6.08 Å². The van der Waals surface area contributed by atoms with E-state index < -0.39 is 43.3 Å². The number of phenols is 3. The fourth-order valence-corrected chi connectivity index (χ4v) is 3.05. The van der Waals surface area contributed by atoms with Gasteiger partial charge in [-0.1, -0.05) is 12.1 Å². The third-order valence-corrected chi connectivity index (χ3v) is 4.91. The zero-order valence-electron chi connectivity index (χ0n) is 17.2. The van der Waals surface area contributed by atoms with E-state index >= 15 is 0 Å². The van der Waals surface area contributed by atoms with Gasteiger partial charge in [-0.3, -0.25) is 0 Å². The van der Waals surface area contributed by atoms with E-state index in [0.717, 1.165) is 6.08 Å². The van der Waals surface area contributed by atoms with E-state index in [-0.39, 0.29) is 29.6 Å². The van der Waals surface area contributed by atoms with Crippen molar-refractivity contribution in [1.82, 2.24) is 0 Å². The lowest BCUT2D eigenvalue weighted by atomic mass is 9.99. The molecule has 0 bridgehead atoms. The van der Waals surface area contributed by atoms with Crippen LogP contribution in [0.5, 0.6) is 23.0 Å². The number of phenolic OH excluding ortho intramolecular Hbond substituents is 3. The standard InChI is InChI=1S/C22H24O11/c23-9-17-19(28)20(29)21(30)22(33-17)32-16-5-2-12(8-15(16)26)10-31-18(27)6-3-11-1-4-13(24)14(25)7-11/h1-8,17,19-26,28-30H,9-10H2/b6-3+/t17-,19-,20+,21-,22-/m1/s1. The van der Waals surface area contributed by atoms with Gasteiger partial charge in [-0.15, -0.1) is 0 Å². The Morgan fingerprint density at radius 2 is 1.70 bits per heavy atom. The predicted octanol–water partition coefficient (Wildman–Crippen LogP) is -0.261. The van der Waals surface area contributed by atoms with E-state index in [4.69, 9.17) is 14.2 Å². The molecule has 11 nitrogen and oxygen atoms in total. The van der Waals surface area contributed by atoms with Crippen LogP contribution in [0.2, 0.25) is 0 Å². The van der Waals surface area contributed by atoms with E-state index in [1.54, 1.807) is 0 Å². The molecule has 1 aliphatic rings. The van der Waals surface area contributed by atoms with Crippen LogP contribution >= 0.6 is 0 Å². The van der Waals surface area contributed by atoms with Crippen molar-refractivity contribution in [3.8, 4) is 23.0 Å². The molecule has 0 amide bonds. The number of aromatic hydroxyl groups is 3. The van der Waals surface area contributed by atoms with Gasteiger partial charge in [-0.25, -0.2) is 4.79 Å². The van der Waals surface area contributed by atoms with Crippen molar-refractivity contribution >= 4 is 12.0 Å². The van der Waals surface area contributed by atoms with Crippen molar-refractivity contribution in [2.45, 2.75) is 37.3 Å². The summed E-state index contributed by atoms with van der Waals surface area (Å²) in [6.07, 6.45) is -4.90. The number of carbonyl (C=O) groups excluding carboxylic acids is 1. The normalized spacial score (nSPS) is 25.2. The SMILES string of the molecule is O=C(/C=C/c1ccc(O)c(O)c1)OCc1ccc(O[C@@H]2O[C@H](CO)[C@@H](O)[C@H](O)[C@H]2O)c(O)c1. The molecule has 1 aliphatic heterocycles. The molecule has 0 saturated carbocycles. The van der Waals surface area contributed by atoms with Crippen molar-refractivity contribution in [1.29, 1.82) is 0 Å². The van der Waals surface area contributed by atoms with Crippen LogP contribution in [-0.2, 0) is 20.9 Å². The fraction of sp³-hybridized carbons (Fsp3) is 0.318. The largest absolute Gasteiger partial charge is 0.504 e. The maximum absolute atomic E-state index is 11.9. The molecule has 33 heavy (non-hydrogen) atoms. The van der Waals surface area contributed by atoms with Gasteiger partial charge < -0.3 is 50.0 Å². The number of hydrogen-bond donors (Lipinski definition) is 7. The number of ether oxygens (including phenoxy) is 3. The second-order valence-electron chi connectivity index (χ2n) is 7.31. The zero-order valence-corrected chi connectivity index (χ0v) is 17.2. The Balaban J connectivity index is 1.57. The summed E-state index contributed by atoms with van der Waals surface area (Å²) >= 11 is 0. The van der Waals surface area contributed by atoms with Gasteiger partial charge in [0.05, 0.1) is 6.61 Å². The smallest absolute Gasteiger partial charge is 0.331 e. The molecule has 7 N–H and O–H groups in total. The average Bonchev–Trinajstić information content (AvgIpc) is 2.80. The molecule has 1 heterocycles. The predicted molar refractivity (Wildman–Crippen MR) is 111 cm³/mol. The van der Waals surface area contributed by atoms with Crippen LogP contribution in [0, 0.1) is 0 Å². The summed E-state index contributed by atoms with van der Waals surface area (Å²) in [5.74, 6) is -1.78. The van der Waals surface area contributed by atoms with Crippen LogP contribution in [0.4, 0.5) is 0 Å². The summed E-state index contributed by atoms with van der Waals surface area (Å²) in [6, 6.07) is 8.10. The van der Waals surface area contributed by atoms with Crippen molar-refractivity contribution in [3.05, 3.63) is 53.6 Å². The van der Waals surface area contributed by atoms with Crippen LogP contribution in [0.25, 0.3) is 6.08 Å². The number of benzene rings is 2. The lowest BCUT2D eigenvalue weighted by Gasteiger charge is -2.39. The molecule has 0 aliphatic carbocycles. The quantitative estimate of drug-likeness (QED) is 0.163. The minimum absolute atomic E-state index is 0.110. The lowest BCUT2D eigenvalue weighted by molar-refractivity contribution is -0.277. The molecule has 2 aromatic carbocycles. The molecule has 1 saturated heterocycles. The highest BCUT2D eigenvalue weighted by molar-refractivity contribution is 5.87. The highest BCUT2D eigenvalue weighted by Gasteiger charge is 2.44. The topological polar surface area (TPSA) is 186 Å². The van der Waals surface area contributed by atoms with E-state index in [1.807, 2.05) is 0 Å². The average molecular weight is 464 g/mol. The van der Waals surface area contributed by atoms with E-state index in [9.17, 15) is 40.5 Å². The van der Waals surface area contributed by atoms with Crippen LogP contribution < -0.4 is 4.74 Å². The second kappa shape index (κ2) is 10.5. The Hall–Kier alpha value is -3.35. The van der Waals surface area contributed by atoms with Gasteiger partial charge in [0.15, 0.2) is 23.0 Å². The molecule has 0 radical (unpaired) electrons. The Morgan fingerprint density at radius 3 is 2.36 bits per heavy atom. The summed E-state index contributed by atoms with van der Waals surface area (Å²) in [5, 5.41) is 67.8. The van der Waals surface area contributed by atoms with Crippen molar-refractivity contribution < 1.29 is 54.8 Å². The molecule has 3 rings (SSSR count). The monoisotopic (exact) mass is 464 g/mol. The first kappa shape index (κ1) is 24.3. The Morgan fingerprint density at radius 1 is 0.939 bits per heavy atom. The van der Waals surface area contributed by atoms with Crippen molar-refractivity contribution in [2.75, 3.05) is 6.61 Å². The van der Waals surface area contributed by atoms with Gasteiger partial charge in [-0.2, -0.15) is 0 Å². The summed E-state index contributed by atoms with van der Waals surface area (Å²) in [6.45, 7) is -0.804. The molecule has 0 unspecified atom stereocenters. The molecular weight excluding hydrogens is 440 g/mol. The van der Waals surface area contributed by atoms with E-state index in [2.05, 4.69) is 0 Å². The maximum atomic E-state index is 11.9. The molecule has 2 aromatic rings. The van der Waals surface area contributed by atoms with Crippen LogP contribution in [0.3, 0.4) is 0 Å². The molecule has 178 valence electrons. The van der Waals surface area contributed by atoms with Gasteiger partial charge >= 0.3 is 5.97 Å². The summed E-state index contributed by atoms with van der Waals surface area (Å²) in [5.41, 5.74) is 0.882. The number of hydrogen-bond acceptors (Lipinski definition) is 11. The Labute approximate surface area is 188 Å². The number of esters is 1.